The first-order chi connectivity index (χ1) is 27.4. The van der Waals surface area contributed by atoms with Crippen molar-refractivity contribution in [1.29, 1.82) is 0 Å². The zero-order valence-corrected chi connectivity index (χ0v) is 33.5. The van der Waals surface area contributed by atoms with Gasteiger partial charge in [0.25, 0.3) is 5.91 Å². The number of ether oxygens (including phenoxy) is 1. The lowest BCUT2D eigenvalue weighted by Crippen LogP contribution is -2.56. The van der Waals surface area contributed by atoms with Crippen LogP contribution in [0.25, 0.3) is 11.3 Å². The summed E-state index contributed by atoms with van der Waals surface area (Å²) in [7, 11) is 0. The third kappa shape index (κ3) is 9.70. The Morgan fingerprint density at radius 2 is 1.79 bits per heavy atom. The second-order valence-electron chi connectivity index (χ2n) is 16.0. The van der Waals surface area contributed by atoms with Gasteiger partial charge in [-0.3, -0.25) is 14.5 Å². The number of imide groups is 1. The van der Waals surface area contributed by atoms with Gasteiger partial charge in [0, 0.05) is 48.3 Å². The highest BCUT2D eigenvalue weighted by Gasteiger charge is 2.52. The van der Waals surface area contributed by atoms with E-state index in [9.17, 15) is 24.0 Å². The predicted octanol–water partition coefficient (Wildman–Crippen LogP) is 4.09. The molecule has 0 radical (unpaired) electrons. The lowest BCUT2D eigenvalue weighted by molar-refractivity contribution is -0.133. The minimum atomic E-state index is -0.991. The Hall–Kier alpha value is -5.16. The van der Waals surface area contributed by atoms with E-state index in [0.717, 1.165) is 36.1 Å². The standard InChI is InChI=1S/C40H52N10O6S/c1-26(21-41-33(51)12-8-7-11-32-34-31(24-57-32)43-36(53)44-34)56-39(2,3)25-49-23-30(46-47-49)28-13-15-29(16-14-28)42-37(54)48-19-17-40(18-20-48)35(52)50(38(55)45-40)22-27-9-5-4-6-10-27/h4-6,9-10,13-16,23,26,31-32,34H,7-8,11-12,17-22,24-25H2,1-3H3,(H,41,51)(H,42,54)(H,45,55)(H2,43,44,53)/t26?,31-,32-,34-/m0/s1. The number of aromatic nitrogens is 3. The van der Waals surface area contributed by atoms with Crippen molar-refractivity contribution < 1.29 is 28.7 Å². The maximum absolute atomic E-state index is 13.3. The Kier molecular flexibility index (Phi) is 12.0. The first-order valence-corrected chi connectivity index (χ1v) is 20.8. The molecule has 8 amide bonds. The van der Waals surface area contributed by atoms with Crippen LogP contribution in [0.1, 0.15) is 64.9 Å². The smallest absolute Gasteiger partial charge is 0.325 e. The van der Waals surface area contributed by atoms with Crippen molar-refractivity contribution in [2.75, 3.05) is 30.7 Å². The quantitative estimate of drug-likeness (QED) is 0.0856. The Balaban J connectivity index is 0.806. The second-order valence-corrected chi connectivity index (χ2v) is 17.3. The number of piperidine rings is 1. The van der Waals surface area contributed by atoms with Gasteiger partial charge >= 0.3 is 18.1 Å². The van der Waals surface area contributed by atoms with Crippen molar-refractivity contribution in [2.45, 2.75) is 107 Å². The van der Waals surface area contributed by atoms with E-state index >= 15 is 0 Å². The molecule has 2 aromatic carbocycles. The molecule has 16 nitrogen and oxygen atoms in total. The summed E-state index contributed by atoms with van der Waals surface area (Å²) in [6.45, 7) is 7.60. The first-order valence-electron chi connectivity index (χ1n) is 19.7. The van der Waals surface area contributed by atoms with Crippen molar-refractivity contribution in [3.63, 3.8) is 0 Å². The molecule has 57 heavy (non-hydrogen) atoms. The molecule has 1 unspecified atom stereocenters. The number of nitrogens with zero attached hydrogens (tertiary/aromatic N) is 5. The fraction of sp³-hybridized carbons (Fsp3) is 0.525. The van der Waals surface area contributed by atoms with Crippen LogP contribution >= 0.6 is 11.8 Å². The molecule has 3 aromatic rings. The lowest BCUT2D eigenvalue weighted by atomic mass is 9.87. The van der Waals surface area contributed by atoms with Crippen LogP contribution in [0.5, 0.6) is 0 Å². The number of thioether (sulfide) groups is 1. The molecule has 4 aliphatic heterocycles. The van der Waals surface area contributed by atoms with E-state index in [1.54, 1.807) is 21.7 Å². The molecule has 17 heteroatoms. The molecule has 0 saturated carbocycles. The summed E-state index contributed by atoms with van der Waals surface area (Å²) in [6, 6.07) is 16.4. The summed E-state index contributed by atoms with van der Waals surface area (Å²) in [5.74, 6) is 0.699. The van der Waals surface area contributed by atoms with Crippen molar-refractivity contribution in [3.8, 4) is 11.3 Å². The highest BCUT2D eigenvalue weighted by Crippen LogP contribution is 2.34. The number of amides is 8. The molecule has 1 spiro atoms. The van der Waals surface area contributed by atoms with Crippen LogP contribution in [0.4, 0.5) is 20.1 Å². The Labute approximate surface area is 336 Å². The molecule has 7 rings (SSSR count). The minimum absolute atomic E-state index is 0.00627. The number of carbonyl (C=O) groups is 5. The normalized spacial score (nSPS) is 21.9. The molecule has 0 bridgehead atoms. The number of nitrogens with one attached hydrogen (secondary N) is 5. The van der Waals surface area contributed by atoms with Crippen LogP contribution in [0.15, 0.2) is 60.8 Å². The fourth-order valence-electron chi connectivity index (χ4n) is 8.08. The van der Waals surface area contributed by atoms with Crippen molar-refractivity contribution >= 4 is 47.4 Å². The molecule has 4 fully saturated rings. The predicted molar refractivity (Wildman–Crippen MR) is 215 cm³/mol. The minimum Gasteiger partial charge on any atom is -0.369 e. The van der Waals surface area contributed by atoms with E-state index < -0.39 is 17.2 Å². The number of rotatable bonds is 15. The zero-order chi connectivity index (χ0) is 40.2. The van der Waals surface area contributed by atoms with Gasteiger partial charge in [0.1, 0.15) is 11.2 Å². The van der Waals surface area contributed by atoms with Gasteiger partial charge in [-0.15, -0.1) is 5.10 Å². The van der Waals surface area contributed by atoms with Gasteiger partial charge in [0.2, 0.25) is 5.91 Å². The molecule has 5 N–H and O–H groups in total. The Morgan fingerprint density at radius 3 is 2.54 bits per heavy atom. The molecule has 4 atom stereocenters. The SMILES string of the molecule is CC(CNC(=O)CCCC[C@@H]1SC[C@@H]2NC(=O)N[C@@H]21)OC(C)(C)Cn1cc(-c2ccc(NC(=O)N3CCC4(CC3)NC(=O)N(Cc3ccccc3)C4=O)cc2)nn1. The summed E-state index contributed by atoms with van der Waals surface area (Å²) in [6.07, 6.45) is 5.49. The highest BCUT2D eigenvalue weighted by atomic mass is 32.2. The van der Waals surface area contributed by atoms with Gasteiger partial charge in [-0.1, -0.05) is 54.1 Å². The number of fused-ring (bicyclic) bond motifs is 1. The first kappa shape index (κ1) is 40.1. The van der Waals surface area contributed by atoms with Crippen LogP contribution in [0, 0.1) is 0 Å². The van der Waals surface area contributed by atoms with E-state index in [4.69, 9.17) is 4.74 Å². The third-order valence-corrected chi connectivity index (χ3v) is 12.5. The number of anilines is 1. The Morgan fingerprint density at radius 1 is 1.04 bits per heavy atom. The Bertz CT molecular complexity index is 1930. The van der Waals surface area contributed by atoms with Crippen LogP contribution < -0.4 is 26.6 Å². The molecular weight excluding hydrogens is 749 g/mol. The van der Waals surface area contributed by atoms with Gasteiger partial charge < -0.3 is 36.2 Å². The van der Waals surface area contributed by atoms with E-state index in [-0.39, 0.29) is 48.6 Å². The fourth-order valence-corrected chi connectivity index (χ4v) is 9.63. The van der Waals surface area contributed by atoms with Gasteiger partial charge in [0.05, 0.1) is 43.1 Å². The molecular formula is C40H52N10O6S. The number of unbranched alkanes of at least 4 members (excludes halogenated alkanes) is 1. The van der Waals surface area contributed by atoms with Gasteiger partial charge in [-0.2, -0.15) is 11.8 Å². The van der Waals surface area contributed by atoms with E-state index in [1.807, 2.05) is 81.2 Å². The molecule has 304 valence electrons. The number of likely N-dealkylation sites (tertiary alicyclic amines) is 1. The number of hydrogen-bond acceptors (Lipinski definition) is 9. The molecule has 1 aromatic heterocycles. The topological polar surface area (TPSA) is 192 Å². The van der Waals surface area contributed by atoms with Crippen molar-refractivity contribution in [2.24, 2.45) is 0 Å². The van der Waals surface area contributed by atoms with E-state index in [0.29, 0.717) is 62.1 Å². The molecule has 5 heterocycles. The third-order valence-electron chi connectivity index (χ3n) is 11.0. The van der Waals surface area contributed by atoms with Crippen LogP contribution in [0.3, 0.4) is 0 Å². The lowest BCUT2D eigenvalue weighted by Gasteiger charge is -2.37. The average molecular weight is 801 g/mol. The zero-order valence-electron chi connectivity index (χ0n) is 32.7. The number of urea groups is 3. The van der Waals surface area contributed by atoms with E-state index in [2.05, 4.69) is 36.9 Å². The van der Waals surface area contributed by atoms with Gasteiger partial charge in [0.15, 0.2) is 0 Å². The maximum atomic E-state index is 13.3. The molecule has 0 aliphatic carbocycles. The maximum Gasteiger partial charge on any atom is 0.325 e. The summed E-state index contributed by atoms with van der Waals surface area (Å²) < 4.78 is 8.02. The average Bonchev–Trinajstić information content (AvgIpc) is 3.95. The van der Waals surface area contributed by atoms with Crippen molar-refractivity contribution in [3.05, 3.63) is 66.4 Å². The van der Waals surface area contributed by atoms with Crippen LogP contribution in [0.2, 0.25) is 0 Å². The van der Waals surface area contributed by atoms with Gasteiger partial charge in [-0.05, 0) is 64.2 Å². The summed E-state index contributed by atoms with van der Waals surface area (Å²) in [4.78, 5) is 66.3. The summed E-state index contributed by atoms with van der Waals surface area (Å²) in [5.41, 5.74) is 1.42. The van der Waals surface area contributed by atoms with Crippen LogP contribution in [-0.4, -0.2) is 115 Å². The largest absolute Gasteiger partial charge is 0.369 e. The van der Waals surface area contributed by atoms with Gasteiger partial charge in [-0.25, -0.2) is 19.1 Å². The highest BCUT2D eigenvalue weighted by molar-refractivity contribution is 8.00. The summed E-state index contributed by atoms with van der Waals surface area (Å²) >= 11 is 1.89. The number of benzene rings is 2. The van der Waals surface area contributed by atoms with Crippen LogP contribution in [-0.2, 0) is 27.4 Å². The molecule has 4 aliphatic rings. The number of carbonyl (C=O) groups excluding carboxylic acids is 5. The monoisotopic (exact) mass is 800 g/mol. The van der Waals surface area contributed by atoms with E-state index in [1.165, 1.54) is 4.90 Å². The number of hydrogen-bond donors (Lipinski definition) is 5. The molecule has 4 saturated heterocycles. The summed E-state index contributed by atoms with van der Waals surface area (Å²) in [5, 5.41) is 23.9. The second kappa shape index (κ2) is 17.1. The van der Waals surface area contributed by atoms with Crippen molar-refractivity contribution in [1.82, 2.24) is 46.1 Å².